The van der Waals surface area contributed by atoms with Gasteiger partial charge in [0, 0.05) is 30.0 Å². The van der Waals surface area contributed by atoms with Gasteiger partial charge in [0.2, 0.25) is 5.91 Å². The lowest BCUT2D eigenvalue weighted by molar-refractivity contribution is -0.151. The van der Waals surface area contributed by atoms with Crippen LogP contribution in [0.15, 0.2) is 54.6 Å². The lowest BCUT2D eigenvalue weighted by Gasteiger charge is -2.29. The number of amides is 1. The summed E-state index contributed by atoms with van der Waals surface area (Å²) in [6.45, 7) is 3.83. The molecule has 0 heterocycles. The van der Waals surface area contributed by atoms with Crippen molar-refractivity contribution in [2.75, 3.05) is 7.05 Å². The van der Waals surface area contributed by atoms with Crippen molar-refractivity contribution in [2.45, 2.75) is 39.2 Å². The van der Waals surface area contributed by atoms with Gasteiger partial charge in [0.25, 0.3) is 0 Å². The molecular weight excluding hydrogens is 402 g/mol. The van der Waals surface area contributed by atoms with Crippen molar-refractivity contribution < 1.29 is 19.5 Å². The number of carbonyl (C=O) groups excluding carboxylic acids is 2. The zero-order valence-electron chi connectivity index (χ0n) is 17.5. The smallest absolute Gasteiger partial charge is 0.326 e. The Bertz CT molecular complexity index is 865. The third kappa shape index (κ3) is 6.70. The molecule has 0 radical (unpaired) electrons. The van der Waals surface area contributed by atoms with Crippen LogP contribution in [0.25, 0.3) is 0 Å². The molecule has 0 spiro atoms. The fraction of sp³-hybridized carbons (Fsp3) is 0.375. The minimum absolute atomic E-state index is 0.00623. The predicted molar refractivity (Wildman–Crippen MR) is 118 cm³/mol. The topological polar surface area (TPSA) is 74.7 Å². The summed E-state index contributed by atoms with van der Waals surface area (Å²) in [6, 6.07) is 15.0. The average molecular weight is 430 g/mol. The molecule has 2 aromatic rings. The van der Waals surface area contributed by atoms with Crippen LogP contribution in [0.1, 0.15) is 42.6 Å². The molecule has 2 aromatic carbocycles. The molecule has 0 aliphatic carbocycles. The zero-order chi connectivity index (χ0) is 22.3. The van der Waals surface area contributed by atoms with Crippen LogP contribution in [0.4, 0.5) is 0 Å². The first-order valence-corrected chi connectivity index (χ1v) is 10.4. The van der Waals surface area contributed by atoms with Gasteiger partial charge in [-0.1, -0.05) is 55.8 Å². The SMILES string of the molecule is CC(C)C[C@H](C(=O)O)N(C)C(=O)C(CC(=O)c1ccc(Cl)cc1)Cc1ccccc1. The first-order valence-electron chi connectivity index (χ1n) is 10.0. The van der Waals surface area contributed by atoms with Crippen molar-refractivity contribution in [3.8, 4) is 0 Å². The summed E-state index contributed by atoms with van der Waals surface area (Å²) in [5, 5.41) is 10.2. The van der Waals surface area contributed by atoms with Crippen molar-refractivity contribution >= 4 is 29.3 Å². The van der Waals surface area contributed by atoms with E-state index in [1.807, 2.05) is 44.2 Å². The second kappa shape index (κ2) is 10.9. The molecular formula is C24H28ClNO4. The van der Waals surface area contributed by atoms with Crippen molar-refractivity contribution in [3.05, 3.63) is 70.7 Å². The number of hydrogen-bond donors (Lipinski definition) is 1. The van der Waals surface area contributed by atoms with Gasteiger partial charge in [-0.25, -0.2) is 4.79 Å². The monoisotopic (exact) mass is 429 g/mol. The number of benzene rings is 2. The molecule has 0 aromatic heterocycles. The zero-order valence-corrected chi connectivity index (χ0v) is 18.3. The Morgan fingerprint density at radius 2 is 1.60 bits per heavy atom. The highest BCUT2D eigenvalue weighted by Crippen LogP contribution is 2.22. The van der Waals surface area contributed by atoms with E-state index in [1.165, 1.54) is 11.9 Å². The van der Waals surface area contributed by atoms with Crippen LogP contribution < -0.4 is 0 Å². The fourth-order valence-electron chi connectivity index (χ4n) is 3.44. The Morgan fingerprint density at radius 3 is 2.13 bits per heavy atom. The number of hydrogen-bond acceptors (Lipinski definition) is 3. The third-order valence-corrected chi connectivity index (χ3v) is 5.32. The van der Waals surface area contributed by atoms with Crippen LogP contribution in [0.5, 0.6) is 0 Å². The van der Waals surface area contributed by atoms with E-state index in [4.69, 9.17) is 11.6 Å². The summed E-state index contributed by atoms with van der Waals surface area (Å²) in [4.78, 5) is 39.2. The van der Waals surface area contributed by atoms with Crippen LogP contribution in [0.3, 0.4) is 0 Å². The second-order valence-electron chi connectivity index (χ2n) is 7.95. The van der Waals surface area contributed by atoms with Gasteiger partial charge in [-0.2, -0.15) is 0 Å². The van der Waals surface area contributed by atoms with Crippen molar-refractivity contribution in [1.82, 2.24) is 4.90 Å². The quantitative estimate of drug-likeness (QED) is 0.554. The molecule has 0 bridgehead atoms. The number of nitrogens with zero attached hydrogens (tertiary/aromatic N) is 1. The van der Waals surface area contributed by atoms with Crippen LogP contribution >= 0.6 is 11.6 Å². The molecule has 1 unspecified atom stereocenters. The van der Waals surface area contributed by atoms with Gasteiger partial charge >= 0.3 is 5.97 Å². The summed E-state index contributed by atoms with van der Waals surface area (Å²) < 4.78 is 0. The fourth-order valence-corrected chi connectivity index (χ4v) is 3.56. The first-order chi connectivity index (χ1) is 14.2. The lowest BCUT2D eigenvalue weighted by atomic mass is 9.90. The van der Waals surface area contributed by atoms with E-state index < -0.39 is 17.9 Å². The van der Waals surface area contributed by atoms with Gasteiger partial charge in [-0.15, -0.1) is 0 Å². The minimum atomic E-state index is -1.04. The lowest BCUT2D eigenvalue weighted by Crippen LogP contribution is -2.46. The van der Waals surface area contributed by atoms with Gasteiger partial charge < -0.3 is 10.0 Å². The molecule has 2 rings (SSSR count). The molecule has 2 atom stereocenters. The van der Waals surface area contributed by atoms with Gasteiger partial charge in [0.15, 0.2) is 5.78 Å². The summed E-state index contributed by atoms with van der Waals surface area (Å²) in [7, 11) is 1.51. The summed E-state index contributed by atoms with van der Waals surface area (Å²) in [6.07, 6.45) is 0.700. The van der Waals surface area contributed by atoms with Crippen molar-refractivity contribution in [3.63, 3.8) is 0 Å². The van der Waals surface area contributed by atoms with Gasteiger partial charge in [-0.3, -0.25) is 9.59 Å². The molecule has 0 aliphatic heterocycles. The molecule has 6 heteroatoms. The highest BCUT2D eigenvalue weighted by molar-refractivity contribution is 6.30. The molecule has 0 saturated carbocycles. The largest absolute Gasteiger partial charge is 0.480 e. The molecule has 160 valence electrons. The van der Waals surface area contributed by atoms with Crippen LogP contribution in [-0.4, -0.2) is 40.8 Å². The number of aliphatic carboxylic acids is 1. The number of carbonyl (C=O) groups is 3. The Labute approximate surface area is 182 Å². The van der Waals surface area contributed by atoms with Crippen LogP contribution in [0, 0.1) is 11.8 Å². The van der Waals surface area contributed by atoms with E-state index >= 15 is 0 Å². The Kier molecular flexibility index (Phi) is 8.60. The van der Waals surface area contributed by atoms with E-state index in [2.05, 4.69) is 0 Å². The normalized spacial score (nSPS) is 13.0. The second-order valence-corrected chi connectivity index (χ2v) is 8.39. The van der Waals surface area contributed by atoms with Crippen LogP contribution in [0.2, 0.25) is 5.02 Å². The minimum Gasteiger partial charge on any atom is -0.480 e. The van der Waals surface area contributed by atoms with Gasteiger partial charge in [0.05, 0.1) is 0 Å². The predicted octanol–water partition coefficient (Wildman–Crippen LogP) is 4.73. The molecule has 1 amide bonds. The summed E-state index contributed by atoms with van der Waals surface area (Å²) in [5.41, 5.74) is 1.40. The number of likely N-dealkylation sites (N-methyl/N-ethyl adjacent to an activating group) is 1. The Hall–Kier alpha value is -2.66. The van der Waals surface area contributed by atoms with Crippen molar-refractivity contribution in [1.29, 1.82) is 0 Å². The summed E-state index contributed by atoms with van der Waals surface area (Å²) >= 11 is 5.90. The van der Waals surface area contributed by atoms with Gasteiger partial charge in [0.1, 0.15) is 6.04 Å². The molecule has 5 nitrogen and oxygen atoms in total. The first kappa shape index (κ1) is 23.6. The number of rotatable bonds is 10. The summed E-state index contributed by atoms with van der Waals surface area (Å²) in [5.74, 6) is -2.10. The number of carboxylic acid groups (broad SMARTS) is 1. The number of halogens is 1. The average Bonchev–Trinajstić information content (AvgIpc) is 2.71. The molecule has 0 aliphatic rings. The highest BCUT2D eigenvalue weighted by atomic mass is 35.5. The maximum atomic E-state index is 13.3. The van der Waals surface area contributed by atoms with E-state index in [9.17, 15) is 19.5 Å². The van der Waals surface area contributed by atoms with Gasteiger partial charge in [-0.05, 0) is 48.6 Å². The molecule has 0 saturated heterocycles. The maximum Gasteiger partial charge on any atom is 0.326 e. The molecule has 30 heavy (non-hydrogen) atoms. The maximum absolute atomic E-state index is 13.3. The van der Waals surface area contributed by atoms with E-state index in [-0.39, 0.29) is 24.0 Å². The highest BCUT2D eigenvalue weighted by Gasteiger charge is 2.32. The number of carboxylic acids is 1. The molecule has 1 N–H and O–H groups in total. The number of ketones is 1. The van der Waals surface area contributed by atoms with Crippen molar-refractivity contribution in [2.24, 2.45) is 11.8 Å². The van der Waals surface area contributed by atoms with E-state index in [0.717, 1.165) is 5.56 Å². The van der Waals surface area contributed by atoms with E-state index in [0.29, 0.717) is 23.4 Å². The molecule has 0 fully saturated rings. The van der Waals surface area contributed by atoms with Crippen LogP contribution in [-0.2, 0) is 16.0 Å². The Balaban J connectivity index is 2.27. The Morgan fingerprint density at radius 1 is 1.00 bits per heavy atom. The number of Topliss-reactive ketones (excluding diaryl/α,β-unsaturated/α-hetero) is 1. The third-order valence-electron chi connectivity index (χ3n) is 5.07. The van der Waals surface area contributed by atoms with E-state index in [1.54, 1.807) is 24.3 Å². The standard InChI is InChI=1S/C24H28ClNO4/c1-16(2)13-21(24(29)30)26(3)23(28)19(14-17-7-5-4-6-8-17)15-22(27)18-9-11-20(25)12-10-18/h4-12,16,19,21H,13-15H2,1-3H3,(H,29,30)/t19?,21-/m1/s1.